The van der Waals surface area contributed by atoms with Gasteiger partial charge in [0.2, 0.25) is 0 Å². The molecule has 0 bridgehead atoms. The lowest BCUT2D eigenvalue weighted by atomic mass is 9.86. The van der Waals surface area contributed by atoms with Gasteiger partial charge < -0.3 is 10.6 Å². The van der Waals surface area contributed by atoms with E-state index in [0.717, 1.165) is 37.8 Å². The average molecular weight is 328 g/mol. The number of carbonyl (C=O) groups excluding carboxylic acids is 2. The van der Waals surface area contributed by atoms with Gasteiger partial charge in [0.05, 0.1) is 5.56 Å². The van der Waals surface area contributed by atoms with Crippen LogP contribution in [0.2, 0.25) is 0 Å². The molecule has 1 aromatic rings. The van der Waals surface area contributed by atoms with Gasteiger partial charge in [0, 0.05) is 11.7 Å². The van der Waals surface area contributed by atoms with Crippen molar-refractivity contribution in [3.8, 4) is 0 Å². The van der Waals surface area contributed by atoms with Gasteiger partial charge in [-0.05, 0) is 37.0 Å². The molecule has 0 saturated heterocycles. The normalized spacial score (nSPS) is 21.6. The molecule has 7 heteroatoms. The topological polar surface area (TPSA) is 58.2 Å². The third-order valence-electron chi connectivity index (χ3n) is 4.08. The van der Waals surface area contributed by atoms with E-state index in [1.54, 1.807) is 0 Å². The lowest BCUT2D eigenvalue weighted by molar-refractivity contribution is -0.137. The summed E-state index contributed by atoms with van der Waals surface area (Å²) in [6, 6.07) is 4.13. The van der Waals surface area contributed by atoms with E-state index >= 15 is 0 Å². The standard InChI is InChI=1S/C16H19F3N2O2/c1-10-5-2-3-8-13(10)21-15(23)14(22)20-12-7-4-6-11(9-12)16(17,18)19/h4,6-7,9-10,13H,2-3,5,8H2,1H3,(H,20,22)(H,21,23)/t10-,13+/m0/s1. The summed E-state index contributed by atoms with van der Waals surface area (Å²) in [4.78, 5) is 23.7. The largest absolute Gasteiger partial charge is 0.416 e. The van der Waals surface area contributed by atoms with Crippen LogP contribution in [-0.2, 0) is 15.8 Å². The summed E-state index contributed by atoms with van der Waals surface area (Å²) < 4.78 is 37.9. The van der Waals surface area contributed by atoms with E-state index in [0.29, 0.717) is 0 Å². The molecular weight excluding hydrogens is 309 g/mol. The van der Waals surface area contributed by atoms with Gasteiger partial charge in [-0.2, -0.15) is 13.2 Å². The number of hydrogen-bond donors (Lipinski definition) is 2. The molecule has 2 N–H and O–H groups in total. The maximum Gasteiger partial charge on any atom is 0.416 e. The van der Waals surface area contributed by atoms with Crippen LogP contribution in [0.1, 0.15) is 38.2 Å². The fourth-order valence-electron chi connectivity index (χ4n) is 2.73. The van der Waals surface area contributed by atoms with Crippen LogP contribution in [0.3, 0.4) is 0 Å². The van der Waals surface area contributed by atoms with Crippen molar-refractivity contribution in [2.75, 3.05) is 5.32 Å². The lowest BCUT2D eigenvalue weighted by Gasteiger charge is -2.29. The van der Waals surface area contributed by atoms with Crippen molar-refractivity contribution in [2.24, 2.45) is 5.92 Å². The van der Waals surface area contributed by atoms with Crippen LogP contribution in [0.25, 0.3) is 0 Å². The first kappa shape index (κ1) is 17.3. The highest BCUT2D eigenvalue weighted by atomic mass is 19.4. The number of rotatable bonds is 2. The molecule has 2 amide bonds. The predicted molar refractivity (Wildman–Crippen MR) is 79.6 cm³/mol. The van der Waals surface area contributed by atoms with Crippen LogP contribution in [0.15, 0.2) is 24.3 Å². The van der Waals surface area contributed by atoms with Gasteiger partial charge in [0.25, 0.3) is 0 Å². The number of halogens is 3. The minimum atomic E-state index is -4.50. The highest BCUT2D eigenvalue weighted by Gasteiger charge is 2.31. The SMILES string of the molecule is C[C@H]1CCCC[C@H]1NC(=O)C(=O)Nc1cccc(C(F)(F)F)c1. The Morgan fingerprint density at radius 2 is 1.83 bits per heavy atom. The molecule has 23 heavy (non-hydrogen) atoms. The Morgan fingerprint density at radius 3 is 2.48 bits per heavy atom. The van der Waals surface area contributed by atoms with Gasteiger partial charge in [-0.25, -0.2) is 0 Å². The molecular formula is C16H19F3N2O2. The summed E-state index contributed by atoms with van der Waals surface area (Å²) >= 11 is 0. The maximum absolute atomic E-state index is 12.6. The van der Waals surface area contributed by atoms with E-state index in [9.17, 15) is 22.8 Å². The van der Waals surface area contributed by atoms with Gasteiger partial charge in [-0.15, -0.1) is 0 Å². The van der Waals surface area contributed by atoms with E-state index < -0.39 is 23.6 Å². The first-order valence-corrected chi connectivity index (χ1v) is 7.56. The minimum absolute atomic E-state index is 0.0586. The molecule has 0 radical (unpaired) electrons. The first-order chi connectivity index (χ1) is 10.8. The molecule has 1 saturated carbocycles. The molecule has 4 nitrogen and oxygen atoms in total. The van der Waals surface area contributed by atoms with E-state index in [-0.39, 0.29) is 17.6 Å². The van der Waals surface area contributed by atoms with Crippen LogP contribution in [0, 0.1) is 5.92 Å². The third kappa shape index (κ3) is 4.71. The summed E-state index contributed by atoms with van der Waals surface area (Å²) in [5.74, 6) is -1.49. The summed E-state index contributed by atoms with van der Waals surface area (Å²) in [6.45, 7) is 2.01. The van der Waals surface area contributed by atoms with Gasteiger partial charge in [-0.3, -0.25) is 9.59 Å². The van der Waals surface area contributed by atoms with Crippen LogP contribution >= 0.6 is 0 Å². The molecule has 0 aromatic heterocycles. The zero-order chi connectivity index (χ0) is 17.0. The second-order valence-corrected chi connectivity index (χ2v) is 5.87. The average Bonchev–Trinajstić information content (AvgIpc) is 2.49. The smallest absolute Gasteiger partial charge is 0.345 e. The number of anilines is 1. The Labute approximate surface area is 132 Å². The van der Waals surface area contributed by atoms with E-state index in [2.05, 4.69) is 10.6 Å². The molecule has 2 atom stereocenters. The molecule has 2 rings (SSSR count). The van der Waals surface area contributed by atoms with Crippen LogP contribution in [-0.4, -0.2) is 17.9 Å². The fraction of sp³-hybridized carbons (Fsp3) is 0.500. The molecule has 126 valence electrons. The Kier molecular flexibility index (Phi) is 5.28. The van der Waals surface area contributed by atoms with Crippen LogP contribution in [0.4, 0.5) is 18.9 Å². The Balaban J connectivity index is 1.97. The second-order valence-electron chi connectivity index (χ2n) is 5.87. The van der Waals surface area contributed by atoms with Crippen molar-refractivity contribution >= 4 is 17.5 Å². The van der Waals surface area contributed by atoms with Crippen molar-refractivity contribution in [2.45, 2.75) is 44.8 Å². The molecule has 1 fully saturated rings. The van der Waals surface area contributed by atoms with Crippen LogP contribution < -0.4 is 10.6 Å². The minimum Gasteiger partial charge on any atom is -0.345 e. The summed E-state index contributed by atoms with van der Waals surface area (Å²) in [7, 11) is 0. The molecule has 1 aliphatic carbocycles. The monoisotopic (exact) mass is 328 g/mol. The summed E-state index contributed by atoms with van der Waals surface area (Å²) in [5.41, 5.74) is -0.937. The van der Waals surface area contributed by atoms with Crippen molar-refractivity contribution in [1.82, 2.24) is 5.32 Å². The first-order valence-electron chi connectivity index (χ1n) is 7.56. The molecule has 0 unspecified atom stereocenters. The highest BCUT2D eigenvalue weighted by Crippen LogP contribution is 2.30. The molecule has 0 spiro atoms. The zero-order valence-electron chi connectivity index (χ0n) is 12.7. The molecule has 0 heterocycles. The number of nitrogens with one attached hydrogen (secondary N) is 2. The van der Waals surface area contributed by atoms with Gasteiger partial charge >= 0.3 is 18.0 Å². The van der Waals surface area contributed by atoms with E-state index in [1.807, 2.05) is 6.92 Å². The predicted octanol–water partition coefficient (Wildman–Crippen LogP) is 3.34. The quantitative estimate of drug-likeness (QED) is 0.818. The Hall–Kier alpha value is -2.05. The van der Waals surface area contributed by atoms with Crippen molar-refractivity contribution in [3.63, 3.8) is 0 Å². The fourth-order valence-corrected chi connectivity index (χ4v) is 2.73. The van der Waals surface area contributed by atoms with E-state index in [1.165, 1.54) is 12.1 Å². The number of carbonyl (C=O) groups is 2. The van der Waals surface area contributed by atoms with Crippen molar-refractivity contribution < 1.29 is 22.8 Å². The Morgan fingerprint density at radius 1 is 1.13 bits per heavy atom. The Bertz CT molecular complexity index is 587. The second kappa shape index (κ2) is 7.02. The maximum atomic E-state index is 12.6. The number of hydrogen-bond acceptors (Lipinski definition) is 2. The molecule has 0 aliphatic heterocycles. The van der Waals surface area contributed by atoms with Crippen LogP contribution in [0.5, 0.6) is 0 Å². The molecule has 1 aliphatic rings. The lowest BCUT2D eigenvalue weighted by Crippen LogP contribution is -2.45. The van der Waals surface area contributed by atoms with Gasteiger partial charge in [-0.1, -0.05) is 25.8 Å². The summed E-state index contributed by atoms with van der Waals surface area (Å²) in [6.07, 6.45) is -0.612. The highest BCUT2D eigenvalue weighted by molar-refractivity contribution is 6.39. The zero-order valence-corrected chi connectivity index (χ0v) is 12.7. The third-order valence-corrected chi connectivity index (χ3v) is 4.08. The summed E-state index contributed by atoms with van der Waals surface area (Å²) in [5, 5.41) is 4.87. The number of benzene rings is 1. The van der Waals surface area contributed by atoms with Crippen molar-refractivity contribution in [3.05, 3.63) is 29.8 Å². The van der Waals surface area contributed by atoms with Gasteiger partial charge in [0.1, 0.15) is 0 Å². The number of alkyl halides is 3. The molecule has 1 aromatic carbocycles. The van der Waals surface area contributed by atoms with Gasteiger partial charge in [0.15, 0.2) is 0 Å². The van der Waals surface area contributed by atoms with E-state index in [4.69, 9.17) is 0 Å². The van der Waals surface area contributed by atoms with Crippen molar-refractivity contribution in [1.29, 1.82) is 0 Å². The number of amides is 2.